The normalized spacial score (nSPS) is 17.6. The third-order valence-corrected chi connectivity index (χ3v) is 4.18. The molecule has 0 unspecified atom stereocenters. The van der Waals surface area contributed by atoms with Crippen molar-refractivity contribution in [1.29, 1.82) is 0 Å². The van der Waals surface area contributed by atoms with Crippen LogP contribution in [-0.4, -0.2) is 43.6 Å². The number of benzene rings is 1. The molecule has 2 rings (SSSR count). The molecule has 4 heteroatoms. The van der Waals surface area contributed by atoms with Gasteiger partial charge in [0, 0.05) is 30.8 Å². The highest BCUT2D eigenvalue weighted by Gasteiger charge is 2.30. The lowest BCUT2D eigenvalue weighted by Gasteiger charge is -2.38. The predicted octanol–water partition coefficient (Wildman–Crippen LogP) is 3.11. The van der Waals surface area contributed by atoms with Gasteiger partial charge in [0.2, 0.25) is 0 Å². The molecule has 1 aliphatic heterocycles. The molecule has 0 radical (unpaired) electrons. The number of rotatable bonds is 5. The second-order valence-electron chi connectivity index (χ2n) is 7.56. The third-order valence-electron chi connectivity index (χ3n) is 4.18. The van der Waals surface area contributed by atoms with Gasteiger partial charge in [-0.25, -0.2) is 0 Å². The SMILES string of the molecule is CCCN(CC(C)(C)C)[C@H]1COc2cccc(C(=O)NC)c2C1. The van der Waals surface area contributed by atoms with Crippen molar-refractivity contribution in [2.75, 3.05) is 26.7 Å². The Morgan fingerprint density at radius 1 is 1.39 bits per heavy atom. The lowest BCUT2D eigenvalue weighted by molar-refractivity contribution is 0.0855. The zero-order valence-electron chi connectivity index (χ0n) is 15.1. The molecule has 0 spiro atoms. The Morgan fingerprint density at radius 2 is 2.13 bits per heavy atom. The van der Waals surface area contributed by atoms with Crippen LogP contribution in [0.2, 0.25) is 0 Å². The molecule has 23 heavy (non-hydrogen) atoms. The van der Waals surface area contributed by atoms with Gasteiger partial charge in [-0.05, 0) is 36.9 Å². The van der Waals surface area contributed by atoms with Crippen LogP contribution in [-0.2, 0) is 6.42 Å². The first kappa shape index (κ1) is 17.8. The molecule has 1 amide bonds. The minimum absolute atomic E-state index is 0.0380. The second-order valence-corrected chi connectivity index (χ2v) is 7.56. The fourth-order valence-corrected chi connectivity index (χ4v) is 3.26. The molecule has 4 nitrogen and oxygen atoms in total. The largest absolute Gasteiger partial charge is 0.492 e. The van der Waals surface area contributed by atoms with Gasteiger partial charge in [0.05, 0.1) is 0 Å². The summed E-state index contributed by atoms with van der Waals surface area (Å²) in [7, 11) is 1.67. The van der Waals surface area contributed by atoms with Crippen molar-refractivity contribution in [3.63, 3.8) is 0 Å². The van der Waals surface area contributed by atoms with E-state index in [0.29, 0.717) is 12.6 Å². The van der Waals surface area contributed by atoms with Gasteiger partial charge in [0.15, 0.2) is 0 Å². The molecular formula is C19H30N2O2. The molecule has 1 aromatic carbocycles. The summed E-state index contributed by atoms with van der Waals surface area (Å²) in [6.07, 6.45) is 1.99. The molecule has 0 aliphatic carbocycles. The van der Waals surface area contributed by atoms with E-state index in [1.54, 1.807) is 7.05 Å². The average Bonchev–Trinajstić information content (AvgIpc) is 2.51. The monoisotopic (exact) mass is 318 g/mol. The number of hydrogen-bond donors (Lipinski definition) is 1. The summed E-state index contributed by atoms with van der Waals surface area (Å²) >= 11 is 0. The van der Waals surface area contributed by atoms with Crippen LogP contribution in [0.25, 0.3) is 0 Å². The van der Waals surface area contributed by atoms with Gasteiger partial charge in [-0.2, -0.15) is 0 Å². The topological polar surface area (TPSA) is 41.6 Å². The Hall–Kier alpha value is -1.55. The highest BCUT2D eigenvalue weighted by atomic mass is 16.5. The van der Waals surface area contributed by atoms with Crippen LogP contribution in [0.4, 0.5) is 0 Å². The summed E-state index contributed by atoms with van der Waals surface area (Å²) in [5.74, 6) is 0.818. The molecule has 0 bridgehead atoms. The van der Waals surface area contributed by atoms with Crippen molar-refractivity contribution in [3.05, 3.63) is 29.3 Å². The molecule has 1 aromatic rings. The highest BCUT2D eigenvalue weighted by Crippen LogP contribution is 2.30. The van der Waals surface area contributed by atoms with Crippen molar-refractivity contribution in [2.45, 2.75) is 46.6 Å². The minimum atomic E-state index is -0.0380. The number of ether oxygens (including phenoxy) is 1. The standard InChI is InChI=1S/C19H30N2O2/c1-6-10-21(13-19(2,3)4)14-11-16-15(18(22)20-5)8-7-9-17(16)23-12-14/h7-9,14H,6,10-13H2,1-5H3,(H,20,22)/t14-/m1/s1. The van der Waals surface area contributed by atoms with E-state index in [2.05, 4.69) is 37.9 Å². The quantitative estimate of drug-likeness (QED) is 0.907. The number of hydrogen-bond acceptors (Lipinski definition) is 3. The van der Waals surface area contributed by atoms with E-state index >= 15 is 0 Å². The summed E-state index contributed by atoms with van der Waals surface area (Å²) < 4.78 is 5.99. The second kappa shape index (κ2) is 7.35. The molecule has 0 saturated carbocycles. The Balaban J connectivity index is 2.25. The molecule has 1 N–H and O–H groups in total. The molecule has 0 saturated heterocycles. The van der Waals surface area contributed by atoms with Crippen molar-refractivity contribution in [3.8, 4) is 5.75 Å². The van der Waals surface area contributed by atoms with E-state index in [4.69, 9.17) is 4.74 Å². The molecule has 0 aromatic heterocycles. The van der Waals surface area contributed by atoms with E-state index in [0.717, 1.165) is 42.8 Å². The smallest absolute Gasteiger partial charge is 0.251 e. The first-order chi connectivity index (χ1) is 10.9. The highest BCUT2D eigenvalue weighted by molar-refractivity contribution is 5.96. The van der Waals surface area contributed by atoms with E-state index in [1.165, 1.54) is 0 Å². The number of carbonyl (C=O) groups excluding carboxylic acids is 1. The first-order valence-electron chi connectivity index (χ1n) is 8.56. The van der Waals surface area contributed by atoms with E-state index < -0.39 is 0 Å². The minimum Gasteiger partial charge on any atom is -0.492 e. The van der Waals surface area contributed by atoms with Crippen LogP contribution in [0.3, 0.4) is 0 Å². The zero-order chi connectivity index (χ0) is 17.0. The summed E-state index contributed by atoms with van der Waals surface area (Å²) in [5.41, 5.74) is 2.02. The Kier molecular flexibility index (Phi) is 5.69. The summed E-state index contributed by atoms with van der Waals surface area (Å²) in [6, 6.07) is 6.07. The molecule has 0 fully saturated rings. The number of nitrogens with one attached hydrogen (secondary N) is 1. The number of carbonyl (C=O) groups is 1. The van der Waals surface area contributed by atoms with Gasteiger partial charge in [-0.3, -0.25) is 9.69 Å². The van der Waals surface area contributed by atoms with Crippen LogP contribution < -0.4 is 10.1 Å². The van der Waals surface area contributed by atoms with Gasteiger partial charge >= 0.3 is 0 Å². The van der Waals surface area contributed by atoms with E-state index in [-0.39, 0.29) is 11.3 Å². The van der Waals surface area contributed by atoms with Crippen LogP contribution in [0.1, 0.15) is 50.0 Å². The lowest BCUT2D eigenvalue weighted by Crippen LogP contribution is -2.47. The number of nitrogens with zero attached hydrogens (tertiary/aromatic N) is 1. The van der Waals surface area contributed by atoms with Crippen LogP contribution in [0, 0.1) is 5.41 Å². The fraction of sp³-hybridized carbons (Fsp3) is 0.632. The van der Waals surface area contributed by atoms with E-state index in [1.807, 2.05) is 18.2 Å². The lowest BCUT2D eigenvalue weighted by atomic mass is 9.92. The van der Waals surface area contributed by atoms with Gasteiger partial charge in [-0.1, -0.05) is 33.8 Å². The van der Waals surface area contributed by atoms with E-state index in [9.17, 15) is 4.79 Å². The van der Waals surface area contributed by atoms with Gasteiger partial charge < -0.3 is 10.1 Å². The predicted molar refractivity (Wildman–Crippen MR) is 94.1 cm³/mol. The number of amides is 1. The van der Waals surface area contributed by atoms with Crippen LogP contribution in [0.5, 0.6) is 5.75 Å². The van der Waals surface area contributed by atoms with Gasteiger partial charge in [-0.15, -0.1) is 0 Å². The molecule has 128 valence electrons. The maximum atomic E-state index is 12.1. The molecular weight excluding hydrogens is 288 g/mol. The summed E-state index contributed by atoms with van der Waals surface area (Å²) in [5, 5.41) is 2.73. The molecule has 1 heterocycles. The maximum Gasteiger partial charge on any atom is 0.251 e. The van der Waals surface area contributed by atoms with Crippen molar-refractivity contribution in [2.24, 2.45) is 5.41 Å². The Labute approximate surface area is 140 Å². The third kappa shape index (κ3) is 4.47. The van der Waals surface area contributed by atoms with Crippen molar-refractivity contribution in [1.82, 2.24) is 10.2 Å². The Morgan fingerprint density at radius 3 is 2.74 bits per heavy atom. The Bertz CT molecular complexity index is 549. The average molecular weight is 318 g/mol. The van der Waals surface area contributed by atoms with Crippen molar-refractivity contribution < 1.29 is 9.53 Å². The van der Waals surface area contributed by atoms with Gasteiger partial charge in [0.25, 0.3) is 5.91 Å². The maximum absolute atomic E-state index is 12.1. The molecule has 1 aliphatic rings. The van der Waals surface area contributed by atoms with Crippen molar-refractivity contribution >= 4 is 5.91 Å². The summed E-state index contributed by atoms with van der Waals surface area (Å²) in [4.78, 5) is 14.7. The van der Waals surface area contributed by atoms with Crippen LogP contribution >= 0.6 is 0 Å². The first-order valence-corrected chi connectivity index (χ1v) is 8.56. The fourth-order valence-electron chi connectivity index (χ4n) is 3.26. The zero-order valence-corrected chi connectivity index (χ0v) is 15.1. The number of fused-ring (bicyclic) bond motifs is 1. The van der Waals surface area contributed by atoms with Crippen LogP contribution in [0.15, 0.2) is 18.2 Å². The van der Waals surface area contributed by atoms with Gasteiger partial charge in [0.1, 0.15) is 12.4 Å². The molecule has 1 atom stereocenters. The summed E-state index contributed by atoms with van der Waals surface area (Å²) in [6.45, 7) is 11.8.